The Morgan fingerprint density at radius 3 is 1.80 bits per heavy atom. The molecule has 0 amide bonds. The third-order valence-electron chi connectivity index (χ3n) is 3.77. The molecular weight excluding hydrogens is 514 g/mol. The van der Waals surface area contributed by atoms with Crippen molar-refractivity contribution in [3.05, 3.63) is 85.3 Å². The molecule has 5 nitrogen and oxygen atoms in total. The van der Waals surface area contributed by atoms with Crippen LogP contribution in [0.3, 0.4) is 0 Å². The number of carbonyl (C=O) groups excluding carboxylic acids is 1. The van der Waals surface area contributed by atoms with Gasteiger partial charge in [0.1, 0.15) is 15.8 Å². The zero-order chi connectivity index (χ0) is 22.1. The summed E-state index contributed by atoms with van der Waals surface area (Å²) in [6.07, 6.45) is 0. The maximum atomic E-state index is 12.8. The quantitative estimate of drug-likeness (QED) is 0.287. The number of Topliss-reactive ketones (excluding diaryl/α,β-unsaturated/α-hetero) is 1. The number of carbonyl (C=O) groups is 1. The molecule has 0 bridgehead atoms. The summed E-state index contributed by atoms with van der Waals surface area (Å²) in [5.41, 5.74) is 0.106. The van der Waals surface area contributed by atoms with Crippen molar-refractivity contribution in [3.63, 3.8) is 0 Å². The summed E-state index contributed by atoms with van der Waals surface area (Å²) in [6, 6.07) is 13.6. The van der Waals surface area contributed by atoms with E-state index in [4.69, 9.17) is 58.0 Å². The zero-order valence-corrected chi connectivity index (χ0v) is 19.2. The lowest BCUT2D eigenvalue weighted by molar-refractivity contribution is -0.111. The average molecular weight is 523 g/mol. The molecule has 0 N–H and O–H groups in total. The fourth-order valence-corrected chi connectivity index (χ4v) is 4.32. The molecule has 0 unspecified atom stereocenters. The Labute approximate surface area is 197 Å². The first-order valence-electron chi connectivity index (χ1n) is 8.02. The number of benzene rings is 2. The van der Waals surface area contributed by atoms with Crippen LogP contribution in [0.15, 0.2) is 89.0 Å². The summed E-state index contributed by atoms with van der Waals surface area (Å²) in [4.78, 5) is 16.1. The van der Waals surface area contributed by atoms with Crippen molar-refractivity contribution in [2.45, 2.75) is 4.90 Å². The van der Waals surface area contributed by atoms with Crippen LogP contribution in [0.5, 0.6) is 0 Å². The minimum atomic E-state index is -4.14. The first-order chi connectivity index (χ1) is 14.1. The number of halogens is 5. The maximum absolute atomic E-state index is 12.8. The van der Waals surface area contributed by atoms with Gasteiger partial charge in [-0.25, -0.2) is 4.99 Å². The van der Waals surface area contributed by atoms with Crippen molar-refractivity contribution < 1.29 is 13.2 Å². The highest BCUT2D eigenvalue weighted by molar-refractivity contribution is 7.90. The van der Waals surface area contributed by atoms with Gasteiger partial charge in [0.15, 0.2) is 5.84 Å². The lowest BCUT2D eigenvalue weighted by Crippen LogP contribution is -2.17. The molecule has 2 aromatic carbocycles. The van der Waals surface area contributed by atoms with E-state index >= 15 is 0 Å². The highest BCUT2D eigenvalue weighted by Gasteiger charge is 2.30. The van der Waals surface area contributed by atoms with Crippen LogP contribution in [0.25, 0.3) is 0 Å². The van der Waals surface area contributed by atoms with Gasteiger partial charge >= 0.3 is 0 Å². The predicted molar refractivity (Wildman–Crippen MR) is 122 cm³/mol. The Hall–Kier alpha value is -1.67. The molecule has 3 rings (SSSR count). The summed E-state index contributed by atoms with van der Waals surface area (Å²) in [5.74, 6) is -1.03. The molecule has 11 heteroatoms. The summed E-state index contributed by atoms with van der Waals surface area (Å²) in [5, 5.41) is -0.941. The van der Waals surface area contributed by atoms with Gasteiger partial charge in [0.05, 0.1) is 15.0 Å². The molecule has 1 aliphatic carbocycles. The number of ketones is 1. The molecule has 0 aromatic heterocycles. The molecule has 0 heterocycles. The summed E-state index contributed by atoms with van der Waals surface area (Å²) in [6.45, 7) is 0. The second kappa shape index (κ2) is 9.22. The number of hydrogen-bond acceptors (Lipinski definition) is 3. The van der Waals surface area contributed by atoms with Gasteiger partial charge in [0.25, 0.3) is 10.0 Å². The molecular formula is C19H9Cl5N2O3S. The van der Waals surface area contributed by atoms with E-state index in [1.807, 2.05) is 0 Å². The molecule has 154 valence electrons. The largest absolute Gasteiger partial charge is 0.286 e. The van der Waals surface area contributed by atoms with Crippen LogP contribution in [0.4, 0.5) is 0 Å². The van der Waals surface area contributed by atoms with E-state index in [2.05, 4.69) is 9.39 Å². The molecule has 0 radical (unpaired) electrons. The molecule has 0 spiro atoms. The van der Waals surface area contributed by atoms with E-state index in [-0.39, 0.29) is 26.5 Å². The second-order valence-electron chi connectivity index (χ2n) is 5.76. The Morgan fingerprint density at radius 1 is 0.733 bits per heavy atom. The van der Waals surface area contributed by atoms with E-state index < -0.39 is 25.9 Å². The lowest BCUT2D eigenvalue weighted by Gasteiger charge is -2.14. The summed E-state index contributed by atoms with van der Waals surface area (Å²) in [7, 11) is -4.14. The van der Waals surface area contributed by atoms with E-state index in [1.165, 1.54) is 36.4 Å². The van der Waals surface area contributed by atoms with Crippen LogP contribution in [0.1, 0.15) is 5.56 Å². The first-order valence-corrected chi connectivity index (χ1v) is 11.4. The van der Waals surface area contributed by atoms with Crippen molar-refractivity contribution >= 4 is 85.4 Å². The number of allylic oxidation sites excluding steroid dienone is 4. The number of hydrogen-bond donors (Lipinski definition) is 0. The van der Waals surface area contributed by atoms with Crippen LogP contribution >= 0.6 is 58.0 Å². The Morgan fingerprint density at radius 2 is 1.27 bits per heavy atom. The molecule has 1 aliphatic rings. The minimum Gasteiger partial charge on any atom is -0.286 e. The van der Waals surface area contributed by atoms with Crippen LogP contribution in [-0.2, 0) is 14.8 Å². The highest BCUT2D eigenvalue weighted by atomic mass is 35.5. The number of amidine groups is 1. The fourth-order valence-electron chi connectivity index (χ4n) is 2.30. The number of rotatable bonds is 3. The molecule has 0 saturated carbocycles. The van der Waals surface area contributed by atoms with E-state index in [0.29, 0.717) is 10.6 Å². The smallest absolute Gasteiger partial charge is 0.284 e. The van der Waals surface area contributed by atoms with Crippen LogP contribution in [-0.4, -0.2) is 25.7 Å². The number of aliphatic imine (C=N–C) groups is 1. The van der Waals surface area contributed by atoms with Crippen molar-refractivity contribution in [1.29, 1.82) is 0 Å². The Balaban J connectivity index is 2.25. The summed E-state index contributed by atoms with van der Waals surface area (Å²) < 4.78 is 29.4. The monoisotopic (exact) mass is 520 g/mol. The molecule has 0 saturated heterocycles. The first kappa shape index (κ1) is 23.0. The van der Waals surface area contributed by atoms with Gasteiger partial charge < -0.3 is 0 Å². The molecule has 30 heavy (non-hydrogen) atoms. The van der Waals surface area contributed by atoms with Crippen LogP contribution in [0.2, 0.25) is 5.02 Å². The molecule has 0 fully saturated rings. The van der Waals surface area contributed by atoms with E-state index in [0.717, 1.165) is 0 Å². The van der Waals surface area contributed by atoms with Crippen molar-refractivity contribution in [2.75, 3.05) is 0 Å². The standard InChI is InChI=1S/C19H9Cl5N2O3S/c20-11-8-6-10(7-9-11)19(26-30(28,29)12-4-2-1-3-5-12)25-17-13(21)15(23)18(27)16(24)14(17)22/h1-9H/b26-19+. The number of sulfonamides is 1. The molecule has 2 aromatic rings. The topological polar surface area (TPSA) is 75.9 Å². The highest BCUT2D eigenvalue weighted by Crippen LogP contribution is 2.34. The van der Waals surface area contributed by atoms with Gasteiger partial charge in [0.2, 0.25) is 5.78 Å². The van der Waals surface area contributed by atoms with Crippen molar-refractivity contribution in [1.82, 2.24) is 0 Å². The van der Waals surface area contributed by atoms with Gasteiger partial charge in [-0.15, -0.1) is 4.40 Å². The zero-order valence-electron chi connectivity index (χ0n) is 14.6. The van der Waals surface area contributed by atoms with E-state index in [1.54, 1.807) is 18.2 Å². The van der Waals surface area contributed by atoms with Gasteiger partial charge in [-0.05, 0) is 36.4 Å². The third-order valence-corrected chi connectivity index (χ3v) is 6.95. The van der Waals surface area contributed by atoms with Crippen LogP contribution < -0.4 is 0 Å². The van der Waals surface area contributed by atoms with Crippen LogP contribution in [0, 0.1) is 0 Å². The fraction of sp³-hybridized carbons (Fsp3) is 0. The average Bonchev–Trinajstić information content (AvgIpc) is 2.74. The maximum Gasteiger partial charge on any atom is 0.284 e. The SMILES string of the molecule is O=C1C(Cl)=C(Cl)C(=N/C(=N/S(=O)(=O)c2ccccc2)c2ccc(Cl)cc2)C(Cl)=C1Cl. The Bertz CT molecular complexity index is 1220. The molecule has 0 aliphatic heterocycles. The predicted octanol–water partition coefficient (Wildman–Crippen LogP) is 5.88. The van der Waals surface area contributed by atoms with E-state index in [9.17, 15) is 13.2 Å². The van der Waals surface area contributed by atoms with Gasteiger partial charge in [-0.2, -0.15) is 8.42 Å². The number of nitrogens with zero attached hydrogens (tertiary/aromatic N) is 2. The van der Waals surface area contributed by atoms with Gasteiger partial charge in [-0.3, -0.25) is 4.79 Å². The van der Waals surface area contributed by atoms with Gasteiger partial charge in [0, 0.05) is 10.6 Å². The normalized spacial score (nSPS) is 15.7. The molecule has 0 atom stereocenters. The third kappa shape index (κ3) is 4.80. The van der Waals surface area contributed by atoms with Crippen molar-refractivity contribution in [2.24, 2.45) is 9.39 Å². The second-order valence-corrected chi connectivity index (χ2v) is 9.31. The minimum absolute atomic E-state index is 0.0465. The van der Waals surface area contributed by atoms with Gasteiger partial charge in [-0.1, -0.05) is 76.2 Å². The van der Waals surface area contributed by atoms with Crippen molar-refractivity contribution in [3.8, 4) is 0 Å². The summed E-state index contributed by atoms with van der Waals surface area (Å²) >= 11 is 30.0. The lowest BCUT2D eigenvalue weighted by atomic mass is 10.1. The Kier molecular flexibility index (Phi) is 7.07.